The van der Waals surface area contributed by atoms with E-state index in [4.69, 9.17) is 5.11 Å². The van der Waals surface area contributed by atoms with Crippen molar-refractivity contribution < 1.29 is 18.3 Å². The molecule has 0 unspecified atom stereocenters. The lowest BCUT2D eigenvalue weighted by molar-refractivity contribution is -0.137. The Morgan fingerprint density at radius 2 is 1.88 bits per heavy atom. The molecule has 1 aliphatic rings. The van der Waals surface area contributed by atoms with Gasteiger partial charge in [-0.15, -0.1) is 0 Å². The van der Waals surface area contributed by atoms with Gasteiger partial charge in [0.2, 0.25) is 10.0 Å². The number of hydrogen-bond donors (Lipinski definition) is 1. The van der Waals surface area contributed by atoms with Crippen LogP contribution in [0.15, 0.2) is 0 Å². The molecule has 0 atom stereocenters. The van der Waals surface area contributed by atoms with Crippen LogP contribution in [0.3, 0.4) is 0 Å². The highest BCUT2D eigenvalue weighted by atomic mass is 32.2. The Hall–Kier alpha value is -0.620. The number of carbonyl (C=O) groups is 1. The van der Waals surface area contributed by atoms with Gasteiger partial charge >= 0.3 is 5.97 Å². The van der Waals surface area contributed by atoms with Gasteiger partial charge in [0, 0.05) is 6.54 Å². The van der Waals surface area contributed by atoms with E-state index in [1.807, 2.05) is 0 Å². The first-order valence-electron chi connectivity index (χ1n) is 5.69. The van der Waals surface area contributed by atoms with E-state index in [-0.39, 0.29) is 11.8 Å². The normalized spacial score (nSPS) is 18.9. The van der Waals surface area contributed by atoms with Crippen LogP contribution in [0.25, 0.3) is 0 Å². The third-order valence-electron chi connectivity index (χ3n) is 3.00. The third kappa shape index (κ3) is 3.18. The second kappa shape index (κ2) is 5.63. The van der Waals surface area contributed by atoms with Gasteiger partial charge < -0.3 is 5.11 Å². The lowest BCUT2D eigenvalue weighted by Crippen LogP contribution is -2.42. The highest BCUT2D eigenvalue weighted by Gasteiger charge is 2.32. The van der Waals surface area contributed by atoms with Gasteiger partial charge in [-0.3, -0.25) is 4.79 Å². The molecule has 0 bridgehead atoms. The van der Waals surface area contributed by atoms with E-state index in [0.29, 0.717) is 12.8 Å². The van der Waals surface area contributed by atoms with Gasteiger partial charge in [-0.1, -0.05) is 26.2 Å². The predicted octanol–water partition coefficient (Wildman–Crippen LogP) is 1.06. The van der Waals surface area contributed by atoms with Crippen LogP contribution in [0.5, 0.6) is 0 Å². The fourth-order valence-corrected chi connectivity index (χ4v) is 4.11. The highest BCUT2D eigenvalue weighted by molar-refractivity contribution is 7.89. The van der Waals surface area contributed by atoms with E-state index in [0.717, 1.165) is 23.6 Å². The zero-order chi connectivity index (χ0) is 12.2. The molecule has 1 aliphatic carbocycles. The maximum atomic E-state index is 12.1. The van der Waals surface area contributed by atoms with Crippen molar-refractivity contribution in [3.8, 4) is 0 Å². The molecule has 94 valence electrons. The molecule has 1 fully saturated rings. The van der Waals surface area contributed by atoms with Gasteiger partial charge in [0.1, 0.15) is 6.54 Å². The van der Waals surface area contributed by atoms with Crippen molar-refractivity contribution in [1.82, 2.24) is 4.31 Å². The molecule has 1 rings (SSSR count). The van der Waals surface area contributed by atoms with E-state index in [9.17, 15) is 13.2 Å². The van der Waals surface area contributed by atoms with Crippen LogP contribution in [0.1, 0.15) is 39.0 Å². The number of rotatable bonds is 5. The first-order chi connectivity index (χ1) is 7.48. The molecule has 1 saturated carbocycles. The minimum Gasteiger partial charge on any atom is -0.480 e. The number of hydrogen-bond acceptors (Lipinski definition) is 3. The molecule has 0 aromatic heterocycles. The second-order valence-corrected chi connectivity index (χ2v) is 6.34. The summed E-state index contributed by atoms with van der Waals surface area (Å²) in [5, 5.41) is 8.30. The van der Waals surface area contributed by atoms with Gasteiger partial charge in [-0.05, 0) is 12.8 Å². The summed E-state index contributed by atoms with van der Waals surface area (Å²) in [6.45, 7) is 1.48. The Balaban J connectivity index is 2.76. The molecule has 1 N–H and O–H groups in total. The number of aliphatic carboxylic acids is 1. The van der Waals surface area contributed by atoms with Crippen molar-refractivity contribution in [2.45, 2.75) is 44.3 Å². The summed E-state index contributed by atoms with van der Waals surface area (Å²) < 4.78 is 25.3. The van der Waals surface area contributed by atoms with Crippen LogP contribution in [0.2, 0.25) is 0 Å². The molecule has 5 nitrogen and oxygen atoms in total. The minimum absolute atomic E-state index is 0.227. The largest absolute Gasteiger partial charge is 0.480 e. The van der Waals surface area contributed by atoms with Crippen molar-refractivity contribution in [1.29, 1.82) is 0 Å². The Morgan fingerprint density at radius 3 is 2.31 bits per heavy atom. The van der Waals surface area contributed by atoms with Crippen LogP contribution >= 0.6 is 0 Å². The smallest absolute Gasteiger partial charge is 0.318 e. The molecular formula is C10H19NO4S. The average Bonchev–Trinajstić information content (AvgIpc) is 2.26. The summed E-state index contributed by atoms with van der Waals surface area (Å²) in [5.74, 6) is -1.10. The van der Waals surface area contributed by atoms with Crippen LogP contribution < -0.4 is 0 Å². The lowest BCUT2D eigenvalue weighted by atomic mass is 10.0. The standard InChI is InChI=1S/C10H19NO4S/c1-2-11(8-10(12)13)16(14,15)9-6-4-3-5-7-9/h9H,2-8H2,1H3,(H,12,13). The van der Waals surface area contributed by atoms with Crippen LogP contribution in [-0.4, -0.2) is 42.1 Å². The van der Waals surface area contributed by atoms with Crippen LogP contribution in [-0.2, 0) is 14.8 Å². The molecule has 0 aliphatic heterocycles. The maximum Gasteiger partial charge on any atom is 0.318 e. The zero-order valence-electron chi connectivity index (χ0n) is 9.55. The first-order valence-corrected chi connectivity index (χ1v) is 7.19. The van der Waals surface area contributed by atoms with Crippen molar-refractivity contribution in [3.63, 3.8) is 0 Å². The van der Waals surface area contributed by atoms with Gasteiger partial charge in [0.25, 0.3) is 0 Å². The van der Waals surface area contributed by atoms with E-state index >= 15 is 0 Å². The molecule has 0 aromatic rings. The van der Waals surface area contributed by atoms with Crippen molar-refractivity contribution in [3.05, 3.63) is 0 Å². The molecule has 6 heteroatoms. The highest BCUT2D eigenvalue weighted by Crippen LogP contribution is 2.25. The number of carboxylic acid groups (broad SMARTS) is 1. The summed E-state index contributed by atoms with van der Waals surface area (Å²) in [6.07, 6.45) is 4.26. The van der Waals surface area contributed by atoms with Crippen molar-refractivity contribution >= 4 is 16.0 Å². The van der Waals surface area contributed by atoms with Gasteiger partial charge in [-0.2, -0.15) is 4.31 Å². The topological polar surface area (TPSA) is 74.7 Å². The summed E-state index contributed by atoms with van der Waals surface area (Å²) in [5.41, 5.74) is 0. The Kier molecular flexibility index (Phi) is 4.73. The molecule has 0 amide bonds. The minimum atomic E-state index is -3.42. The summed E-state index contributed by atoms with van der Waals surface area (Å²) in [7, 11) is -3.42. The second-order valence-electron chi connectivity index (χ2n) is 4.12. The SMILES string of the molecule is CCN(CC(=O)O)S(=O)(=O)C1CCCCC1. The Morgan fingerprint density at radius 1 is 1.31 bits per heavy atom. The Labute approximate surface area is 96.5 Å². The molecule has 0 spiro atoms. The zero-order valence-corrected chi connectivity index (χ0v) is 10.4. The van der Waals surface area contributed by atoms with Crippen LogP contribution in [0.4, 0.5) is 0 Å². The summed E-state index contributed by atoms with van der Waals surface area (Å²) in [4.78, 5) is 10.6. The van der Waals surface area contributed by atoms with Crippen molar-refractivity contribution in [2.75, 3.05) is 13.1 Å². The fourth-order valence-electron chi connectivity index (χ4n) is 2.11. The fraction of sp³-hybridized carbons (Fsp3) is 0.900. The number of carboxylic acids is 1. The van der Waals surface area contributed by atoms with Gasteiger partial charge in [-0.25, -0.2) is 8.42 Å². The molecular weight excluding hydrogens is 230 g/mol. The number of sulfonamides is 1. The van der Waals surface area contributed by atoms with Gasteiger partial charge in [0.05, 0.1) is 5.25 Å². The van der Waals surface area contributed by atoms with Gasteiger partial charge in [0.15, 0.2) is 0 Å². The average molecular weight is 249 g/mol. The third-order valence-corrected chi connectivity index (χ3v) is 5.42. The molecule has 0 heterocycles. The summed E-state index contributed by atoms with van der Waals surface area (Å²) >= 11 is 0. The van der Waals surface area contributed by atoms with Crippen LogP contribution in [0, 0.1) is 0 Å². The monoisotopic (exact) mass is 249 g/mol. The Bertz CT molecular complexity index is 333. The predicted molar refractivity (Wildman–Crippen MR) is 60.7 cm³/mol. The molecule has 16 heavy (non-hydrogen) atoms. The lowest BCUT2D eigenvalue weighted by Gasteiger charge is -2.27. The quantitative estimate of drug-likeness (QED) is 0.790. The number of likely N-dealkylation sites (N-methyl/N-ethyl adjacent to an activating group) is 1. The van der Waals surface area contributed by atoms with E-state index < -0.39 is 22.5 Å². The van der Waals surface area contributed by atoms with E-state index in [1.54, 1.807) is 6.92 Å². The van der Waals surface area contributed by atoms with E-state index in [1.165, 1.54) is 0 Å². The molecule has 0 radical (unpaired) electrons. The number of nitrogens with zero attached hydrogens (tertiary/aromatic N) is 1. The van der Waals surface area contributed by atoms with E-state index in [2.05, 4.69) is 0 Å². The summed E-state index contributed by atoms with van der Waals surface area (Å²) in [6, 6.07) is 0. The molecule has 0 saturated heterocycles. The van der Waals surface area contributed by atoms with Crippen molar-refractivity contribution in [2.24, 2.45) is 0 Å². The molecule has 0 aromatic carbocycles. The first kappa shape index (κ1) is 13.4. The maximum absolute atomic E-state index is 12.1.